The van der Waals surface area contributed by atoms with Crippen LogP contribution >= 0.6 is 11.3 Å². The summed E-state index contributed by atoms with van der Waals surface area (Å²) >= 11 is 1.51. The molecule has 0 unspecified atom stereocenters. The Balaban J connectivity index is 1.42. The zero-order valence-electron chi connectivity index (χ0n) is 20.8. The zero-order valence-corrected chi connectivity index (χ0v) is 21.6. The van der Waals surface area contributed by atoms with Gasteiger partial charge in [0.25, 0.3) is 5.91 Å². The van der Waals surface area contributed by atoms with E-state index in [1.165, 1.54) is 23.0 Å². The second kappa shape index (κ2) is 9.61. The maximum Gasteiger partial charge on any atom is 0.263 e. The molecule has 0 radical (unpaired) electrons. The van der Waals surface area contributed by atoms with Crippen LogP contribution in [0, 0.1) is 0 Å². The Morgan fingerprint density at radius 2 is 1.95 bits per heavy atom. The van der Waals surface area contributed by atoms with Gasteiger partial charge in [-0.3, -0.25) is 9.59 Å². The van der Waals surface area contributed by atoms with E-state index in [-0.39, 0.29) is 11.8 Å². The molecule has 6 rings (SSSR count). The quantitative estimate of drug-likeness (QED) is 0.328. The normalized spacial score (nSPS) is 16.6. The van der Waals surface area contributed by atoms with Gasteiger partial charge in [-0.05, 0) is 80.9 Å². The Morgan fingerprint density at radius 3 is 2.76 bits per heavy atom. The first-order valence-electron chi connectivity index (χ1n) is 12.7. The smallest absolute Gasteiger partial charge is 0.263 e. The SMILES string of the molecule is C=CC(=O)Nc1cc(-c2ccc3c(ccc4sc5c(c43)NCCNC5=O)n2)ccc1C1CCN(C)CC1. The number of fused-ring (bicyclic) bond motifs is 5. The van der Waals surface area contributed by atoms with Crippen LogP contribution in [0.1, 0.15) is 34.0 Å². The highest BCUT2D eigenvalue weighted by Gasteiger charge is 2.24. The molecule has 2 amide bonds. The molecule has 2 aliphatic rings. The first-order chi connectivity index (χ1) is 18.0. The predicted octanol–water partition coefficient (Wildman–Crippen LogP) is 5.21. The lowest BCUT2D eigenvalue weighted by molar-refractivity contribution is -0.111. The van der Waals surface area contributed by atoms with Gasteiger partial charge in [-0.15, -0.1) is 11.3 Å². The number of carbonyl (C=O) groups excluding carboxylic acids is 2. The van der Waals surface area contributed by atoms with Crippen molar-refractivity contribution in [2.75, 3.05) is 43.9 Å². The first-order valence-corrected chi connectivity index (χ1v) is 13.5. The number of rotatable bonds is 4. The van der Waals surface area contributed by atoms with Crippen LogP contribution < -0.4 is 16.0 Å². The van der Waals surface area contributed by atoms with Gasteiger partial charge in [-0.1, -0.05) is 18.7 Å². The molecule has 2 aromatic carbocycles. The Morgan fingerprint density at radius 1 is 1.14 bits per heavy atom. The number of nitrogens with zero attached hydrogens (tertiary/aromatic N) is 2. The van der Waals surface area contributed by atoms with Crippen molar-refractivity contribution in [1.29, 1.82) is 0 Å². The number of likely N-dealkylation sites (tertiary alicyclic amines) is 1. The van der Waals surface area contributed by atoms with E-state index in [0.29, 0.717) is 19.0 Å². The third-order valence-electron chi connectivity index (χ3n) is 7.39. The van der Waals surface area contributed by atoms with E-state index in [4.69, 9.17) is 4.98 Å². The largest absolute Gasteiger partial charge is 0.381 e. The van der Waals surface area contributed by atoms with E-state index in [9.17, 15) is 9.59 Å². The molecule has 1 saturated heterocycles. The van der Waals surface area contributed by atoms with Gasteiger partial charge < -0.3 is 20.9 Å². The average Bonchev–Trinajstić information content (AvgIpc) is 3.20. The third-order valence-corrected chi connectivity index (χ3v) is 8.55. The van der Waals surface area contributed by atoms with Crippen molar-refractivity contribution < 1.29 is 9.59 Å². The van der Waals surface area contributed by atoms with Gasteiger partial charge in [0, 0.05) is 39.8 Å². The molecular weight excluding hydrogens is 482 g/mol. The Bertz CT molecular complexity index is 1550. The lowest BCUT2D eigenvalue weighted by Gasteiger charge is -2.30. The van der Waals surface area contributed by atoms with Crippen molar-refractivity contribution in [3.63, 3.8) is 0 Å². The number of piperidine rings is 1. The lowest BCUT2D eigenvalue weighted by atomic mass is 9.87. The van der Waals surface area contributed by atoms with E-state index in [1.807, 2.05) is 24.3 Å². The average molecular weight is 512 g/mol. The van der Waals surface area contributed by atoms with E-state index >= 15 is 0 Å². The monoisotopic (exact) mass is 511 g/mol. The fourth-order valence-corrected chi connectivity index (χ4v) is 6.53. The molecule has 7 nitrogen and oxygen atoms in total. The molecule has 0 aliphatic carbocycles. The summed E-state index contributed by atoms with van der Waals surface area (Å²) in [4.78, 5) is 32.9. The number of hydrogen-bond donors (Lipinski definition) is 3. The lowest BCUT2D eigenvalue weighted by Crippen LogP contribution is -2.29. The van der Waals surface area contributed by atoms with Gasteiger partial charge in [-0.2, -0.15) is 0 Å². The van der Waals surface area contributed by atoms with Gasteiger partial charge in [0.05, 0.1) is 16.9 Å². The van der Waals surface area contributed by atoms with Crippen molar-refractivity contribution in [3.8, 4) is 11.3 Å². The molecule has 4 heterocycles. The molecule has 0 bridgehead atoms. The minimum absolute atomic E-state index is 0.0299. The Kier molecular flexibility index (Phi) is 6.14. The molecule has 8 heteroatoms. The number of thiophene rings is 1. The molecule has 1 fully saturated rings. The summed E-state index contributed by atoms with van der Waals surface area (Å²) in [5.74, 6) is 0.161. The summed E-state index contributed by atoms with van der Waals surface area (Å²) in [5, 5.41) is 11.5. The summed E-state index contributed by atoms with van der Waals surface area (Å²) in [6, 6.07) is 14.4. The number of amides is 2. The number of pyridine rings is 1. The number of anilines is 2. The summed E-state index contributed by atoms with van der Waals surface area (Å²) in [6.45, 7) is 7.01. The number of nitrogens with one attached hydrogen (secondary N) is 3. The Hall–Kier alpha value is -3.75. The molecule has 3 N–H and O–H groups in total. The molecular formula is C29H29N5O2S. The number of aromatic nitrogens is 1. The maximum absolute atomic E-state index is 12.5. The second-order valence-electron chi connectivity index (χ2n) is 9.76. The van der Waals surface area contributed by atoms with E-state index in [1.54, 1.807) is 0 Å². The van der Waals surface area contributed by atoms with Crippen LogP contribution in [-0.4, -0.2) is 54.9 Å². The summed E-state index contributed by atoms with van der Waals surface area (Å²) in [6.07, 6.45) is 3.44. The highest BCUT2D eigenvalue weighted by Crippen LogP contribution is 2.41. The van der Waals surface area contributed by atoms with Crippen LogP contribution in [0.15, 0.2) is 55.1 Å². The molecule has 0 atom stereocenters. The van der Waals surface area contributed by atoms with Gasteiger partial charge in [0.15, 0.2) is 0 Å². The fourth-order valence-electron chi connectivity index (χ4n) is 5.42. The summed E-state index contributed by atoms with van der Waals surface area (Å²) in [5.41, 5.74) is 5.54. The molecule has 2 aliphatic heterocycles. The van der Waals surface area contributed by atoms with E-state index in [2.05, 4.69) is 52.7 Å². The molecule has 2 aromatic heterocycles. The molecule has 4 aromatic rings. The maximum atomic E-state index is 12.5. The minimum Gasteiger partial charge on any atom is -0.381 e. The first kappa shape index (κ1) is 23.6. The fraction of sp³-hybridized carbons (Fsp3) is 0.276. The van der Waals surface area contributed by atoms with Crippen molar-refractivity contribution >= 4 is 55.5 Å². The highest BCUT2D eigenvalue weighted by atomic mass is 32.1. The highest BCUT2D eigenvalue weighted by molar-refractivity contribution is 7.21. The van der Waals surface area contributed by atoms with Crippen molar-refractivity contribution in [2.45, 2.75) is 18.8 Å². The second-order valence-corrected chi connectivity index (χ2v) is 10.8. The van der Waals surface area contributed by atoms with Crippen molar-refractivity contribution in [1.82, 2.24) is 15.2 Å². The van der Waals surface area contributed by atoms with Crippen molar-refractivity contribution in [2.24, 2.45) is 0 Å². The topological polar surface area (TPSA) is 86.4 Å². The van der Waals surface area contributed by atoms with Gasteiger partial charge >= 0.3 is 0 Å². The van der Waals surface area contributed by atoms with Gasteiger partial charge in [-0.25, -0.2) is 4.98 Å². The van der Waals surface area contributed by atoms with Crippen LogP contribution in [-0.2, 0) is 4.79 Å². The van der Waals surface area contributed by atoms with Gasteiger partial charge in [0.2, 0.25) is 5.91 Å². The summed E-state index contributed by atoms with van der Waals surface area (Å²) < 4.78 is 1.06. The van der Waals surface area contributed by atoms with Crippen LogP contribution in [0.25, 0.3) is 32.2 Å². The number of carbonyl (C=O) groups is 2. The van der Waals surface area contributed by atoms with Crippen molar-refractivity contribution in [3.05, 3.63) is 65.6 Å². The van der Waals surface area contributed by atoms with E-state index in [0.717, 1.165) is 74.4 Å². The predicted molar refractivity (Wildman–Crippen MR) is 152 cm³/mol. The summed E-state index contributed by atoms with van der Waals surface area (Å²) in [7, 11) is 2.15. The third kappa shape index (κ3) is 4.36. The zero-order chi connectivity index (χ0) is 25.5. The number of hydrogen-bond acceptors (Lipinski definition) is 6. The van der Waals surface area contributed by atoms with Crippen LogP contribution in [0.5, 0.6) is 0 Å². The molecule has 0 spiro atoms. The van der Waals surface area contributed by atoms with Crippen LogP contribution in [0.4, 0.5) is 11.4 Å². The van der Waals surface area contributed by atoms with E-state index < -0.39 is 0 Å². The Labute approximate surface area is 219 Å². The molecule has 37 heavy (non-hydrogen) atoms. The minimum atomic E-state index is -0.213. The van der Waals surface area contributed by atoms with Crippen LogP contribution in [0.3, 0.4) is 0 Å². The van der Waals surface area contributed by atoms with Gasteiger partial charge in [0.1, 0.15) is 4.88 Å². The number of benzene rings is 2. The molecule has 188 valence electrons. The standard InChI is InChI=1S/C29H29N5O2S/c1-3-25(35)33-23-16-18(4-5-19(23)17-10-14-34(2)15-11-17)21-7-6-20-22(32-21)8-9-24-26(20)27-28(37-24)29(36)31-13-12-30-27/h3-9,16-17,30H,1,10-15H2,2H3,(H,31,36)(H,33,35). The molecule has 0 saturated carbocycles. The van der Waals surface area contributed by atoms with Crippen LogP contribution in [0.2, 0.25) is 0 Å².